The molecule has 2 fully saturated rings. The SMILES string of the molecule is OC1CCCCN1c1ccc(CC2CCNCC2)cc1. The van der Waals surface area contributed by atoms with Crippen molar-refractivity contribution in [3.63, 3.8) is 0 Å². The number of hydrogen-bond donors (Lipinski definition) is 2. The van der Waals surface area contributed by atoms with Crippen molar-refractivity contribution in [2.45, 2.75) is 44.8 Å². The van der Waals surface area contributed by atoms with E-state index in [1.54, 1.807) is 0 Å². The van der Waals surface area contributed by atoms with Crippen LogP contribution in [0.25, 0.3) is 0 Å². The molecule has 3 heteroatoms. The number of rotatable bonds is 3. The van der Waals surface area contributed by atoms with Crippen LogP contribution in [0.3, 0.4) is 0 Å². The van der Waals surface area contributed by atoms with Crippen LogP contribution in [-0.2, 0) is 6.42 Å². The van der Waals surface area contributed by atoms with Crippen LogP contribution in [-0.4, -0.2) is 31.0 Å². The molecule has 2 aliphatic heterocycles. The van der Waals surface area contributed by atoms with E-state index in [1.165, 1.54) is 50.0 Å². The number of aliphatic hydroxyl groups excluding tert-OH is 1. The Kier molecular flexibility index (Phi) is 4.58. The Balaban J connectivity index is 1.61. The van der Waals surface area contributed by atoms with Gasteiger partial charge in [-0.05, 0) is 75.2 Å². The molecule has 0 spiro atoms. The molecule has 3 rings (SSSR count). The van der Waals surface area contributed by atoms with Gasteiger partial charge < -0.3 is 15.3 Å². The second-order valence-electron chi connectivity index (χ2n) is 6.23. The summed E-state index contributed by atoms with van der Waals surface area (Å²) in [6, 6.07) is 8.87. The number of hydrogen-bond acceptors (Lipinski definition) is 3. The van der Waals surface area contributed by atoms with Gasteiger partial charge in [0.05, 0.1) is 0 Å². The molecule has 1 unspecified atom stereocenters. The fourth-order valence-corrected chi connectivity index (χ4v) is 3.46. The first-order valence-electron chi connectivity index (χ1n) is 8.07. The Bertz CT molecular complexity index is 412. The largest absolute Gasteiger partial charge is 0.374 e. The van der Waals surface area contributed by atoms with Gasteiger partial charge in [0.25, 0.3) is 0 Å². The standard InChI is InChI=1S/C17H26N2O/c20-17-3-1-2-12-19(17)16-6-4-14(5-7-16)13-15-8-10-18-11-9-15/h4-7,15,17-18,20H,1-3,8-13H2. The van der Waals surface area contributed by atoms with E-state index in [-0.39, 0.29) is 6.23 Å². The zero-order chi connectivity index (χ0) is 13.8. The van der Waals surface area contributed by atoms with Crippen molar-refractivity contribution in [2.24, 2.45) is 5.92 Å². The zero-order valence-electron chi connectivity index (χ0n) is 12.2. The second-order valence-corrected chi connectivity index (χ2v) is 6.23. The van der Waals surface area contributed by atoms with Gasteiger partial charge in [0.15, 0.2) is 0 Å². The summed E-state index contributed by atoms with van der Waals surface area (Å²) in [7, 11) is 0. The van der Waals surface area contributed by atoms with E-state index in [0.29, 0.717) is 0 Å². The number of nitrogens with zero attached hydrogens (tertiary/aromatic N) is 1. The van der Waals surface area contributed by atoms with E-state index in [9.17, 15) is 5.11 Å². The molecule has 2 saturated heterocycles. The molecule has 0 saturated carbocycles. The van der Waals surface area contributed by atoms with E-state index in [4.69, 9.17) is 0 Å². The average Bonchev–Trinajstić information content (AvgIpc) is 2.50. The highest BCUT2D eigenvalue weighted by Crippen LogP contribution is 2.25. The van der Waals surface area contributed by atoms with Crippen LogP contribution in [0, 0.1) is 5.92 Å². The molecule has 2 N–H and O–H groups in total. The monoisotopic (exact) mass is 274 g/mol. The maximum atomic E-state index is 10.1. The minimum absolute atomic E-state index is 0.293. The van der Waals surface area contributed by atoms with Crippen LogP contribution in [0.2, 0.25) is 0 Å². The van der Waals surface area contributed by atoms with Crippen LogP contribution in [0.4, 0.5) is 5.69 Å². The van der Waals surface area contributed by atoms with Crippen molar-refractivity contribution < 1.29 is 5.11 Å². The predicted octanol–water partition coefficient (Wildman–Crippen LogP) is 2.54. The summed E-state index contributed by atoms with van der Waals surface area (Å²) in [5, 5.41) is 13.5. The molecule has 0 radical (unpaired) electrons. The quantitative estimate of drug-likeness (QED) is 0.889. The van der Waals surface area contributed by atoms with Gasteiger partial charge in [0.1, 0.15) is 6.23 Å². The molecule has 3 nitrogen and oxygen atoms in total. The summed E-state index contributed by atoms with van der Waals surface area (Å²) in [6.07, 6.45) is 6.74. The van der Waals surface area contributed by atoms with E-state index in [1.807, 2.05) is 0 Å². The Morgan fingerprint density at radius 1 is 1.05 bits per heavy atom. The fraction of sp³-hybridized carbons (Fsp3) is 0.647. The lowest BCUT2D eigenvalue weighted by molar-refractivity contribution is 0.140. The molecule has 1 atom stereocenters. The van der Waals surface area contributed by atoms with Crippen molar-refractivity contribution >= 4 is 5.69 Å². The molecule has 110 valence electrons. The summed E-state index contributed by atoms with van der Waals surface area (Å²) in [6.45, 7) is 3.32. The number of piperidine rings is 2. The average molecular weight is 274 g/mol. The van der Waals surface area contributed by atoms with Crippen LogP contribution in [0.1, 0.15) is 37.7 Å². The van der Waals surface area contributed by atoms with E-state index >= 15 is 0 Å². The summed E-state index contributed by atoms with van der Waals surface area (Å²) in [5.74, 6) is 0.836. The number of anilines is 1. The molecule has 0 aromatic heterocycles. The van der Waals surface area contributed by atoms with Gasteiger partial charge in [-0.25, -0.2) is 0 Å². The van der Waals surface area contributed by atoms with Crippen molar-refractivity contribution in [3.8, 4) is 0 Å². The van der Waals surface area contributed by atoms with Gasteiger partial charge in [-0.1, -0.05) is 12.1 Å². The first kappa shape index (κ1) is 13.9. The summed E-state index contributed by atoms with van der Waals surface area (Å²) in [4.78, 5) is 2.14. The third kappa shape index (κ3) is 3.33. The third-order valence-corrected chi connectivity index (χ3v) is 4.72. The Morgan fingerprint density at radius 2 is 1.80 bits per heavy atom. The third-order valence-electron chi connectivity index (χ3n) is 4.72. The van der Waals surface area contributed by atoms with Crippen molar-refractivity contribution in [2.75, 3.05) is 24.5 Å². The first-order chi connectivity index (χ1) is 9.83. The molecule has 20 heavy (non-hydrogen) atoms. The molecule has 1 aromatic rings. The Hall–Kier alpha value is -1.06. The van der Waals surface area contributed by atoms with Gasteiger partial charge in [-0.2, -0.15) is 0 Å². The lowest BCUT2D eigenvalue weighted by Crippen LogP contribution is -2.39. The molecule has 2 heterocycles. The molecule has 0 aliphatic carbocycles. The van der Waals surface area contributed by atoms with Gasteiger partial charge in [-0.15, -0.1) is 0 Å². The Labute approximate surface area is 122 Å². The van der Waals surface area contributed by atoms with Crippen LogP contribution in [0.5, 0.6) is 0 Å². The van der Waals surface area contributed by atoms with E-state index in [0.717, 1.165) is 25.3 Å². The van der Waals surface area contributed by atoms with Crippen molar-refractivity contribution in [3.05, 3.63) is 29.8 Å². The van der Waals surface area contributed by atoms with E-state index < -0.39 is 0 Å². The summed E-state index contributed by atoms with van der Waals surface area (Å²) >= 11 is 0. The summed E-state index contributed by atoms with van der Waals surface area (Å²) < 4.78 is 0. The number of benzene rings is 1. The lowest BCUT2D eigenvalue weighted by Gasteiger charge is -2.34. The van der Waals surface area contributed by atoms with Crippen LogP contribution >= 0.6 is 0 Å². The molecule has 1 aromatic carbocycles. The van der Waals surface area contributed by atoms with Gasteiger partial charge >= 0.3 is 0 Å². The van der Waals surface area contributed by atoms with Crippen LogP contribution in [0.15, 0.2) is 24.3 Å². The highest BCUT2D eigenvalue weighted by Gasteiger charge is 2.20. The van der Waals surface area contributed by atoms with Crippen LogP contribution < -0.4 is 10.2 Å². The number of nitrogens with one attached hydrogen (secondary N) is 1. The second kappa shape index (κ2) is 6.59. The van der Waals surface area contributed by atoms with Gasteiger partial charge in [0.2, 0.25) is 0 Å². The first-order valence-corrected chi connectivity index (χ1v) is 8.07. The molecular weight excluding hydrogens is 248 g/mol. The topological polar surface area (TPSA) is 35.5 Å². The molecule has 2 aliphatic rings. The molecule has 0 bridgehead atoms. The molecular formula is C17H26N2O. The highest BCUT2D eigenvalue weighted by atomic mass is 16.3. The lowest BCUT2D eigenvalue weighted by atomic mass is 9.91. The fourth-order valence-electron chi connectivity index (χ4n) is 3.46. The minimum atomic E-state index is -0.293. The zero-order valence-corrected chi connectivity index (χ0v) is 12.2. The maximum Gasteiger partial charge on any atom is 0.126 e. The number of aliphatic hydroxyl groups is 1. The highest BCUT2D eigenvalue weighted by molar-refractivity contribution is 5.48. The normalized spacial score (nSPS) is 24.9. The van der Waals surface area contributed by atoms with Crippen molar-refractivity contribution in [1.29, 1.82) is 0 Å². The van der Waals surface area contributed by atoms with Gasteiger partial charge in [0, 0.05) is 12.2 Å². The Morgan fingerprint density at radius 3 is 2.50 bits per heavy atom. The maximum absolute atomic E-state index is 10.1. The predicted molar refractivity (Wildman–Crippen MR) is 82.9 cm³/mol. The van der Waals surface area contributed by atoms with E-state index in [2.05, 4.69) is 34.5 Å². The summed E-state index contributed by atoms with van der Waals surface area (Å²) in [5.41, 5.74) is 2.61. The molecule has 0 amide bonds. The smallest absolute Gasteiger partial charge is 0.126 e. The van der Waals surface area contributed by atoms with Crippen molar-refractivity contribution in [1.82, 2.24) is 5.32 Å². The minimum Gasteiger partial charge on any atom is -0.374 e. The van der Waals surface area contributed by atoms with Gasteiger partial charge in [-0.3, -0.25) is 0 Å².